The van der Waals surface area contributed by atoms with E-state index in [0.717, 1.165) is 0 Å². The minimum Gasteiger partial charge on any atom is -0.465 e. The topological polar surface area (TPSA) is 86.5 Å². The van der Waals surface area contributed by atoms with E-state index in [2.05, 4.69) is 5.16 Å². The third-order valence-corrected chi connectivity index (χ3v) is 3.07. The largest absolute Gasteiger partial charge is 0.465 e. The van der Waals surface area contributed by atoms with Crippen molar-refractivity contribution in [1.29, 1.82) is 0 Å². The SMILES string of the molecule is CC1CC(c2cc(=O)[nH]o2)CCN1C(=O)O. The van der Waals surface area contributed by atoms with E-state index in [0.29, 0.717) is 25.1 Å². The zero-order valence-electron chi connectivity index (χ0n) is 8.97. The maximum absolute atomic E-state index is 10.9. The lowest BCUT2D eigenvalue weighted by molar-refractivity contribution is 0.103. The van der Waals surface area contributed by atoms with Gasteiger partial charge in [-0.25, -0.2) is 4.79 Å². The summed E-state index contributed by atoms with van der Waals surface area (Å²) in [6.07, 6.45) is 0.492. The molecule has 2 rings (SSSR count). The number of amides is 1. The number of nitrogens with one attached hydrogen (secondary N) is 1. The molecule has 0 spiro atoms. The number of H-pyrrole nitrogens is 1. The Kier molecular flexibility index (Phi) is 2.72. The average molecular weight is 226 g/mol. The first-order valence-corrected chi connectivity index (χ1v) is 5.26. The highest BCUT2D eigenvalue weighted by Crippen LogP contribution is 2.30. The normalized spacial score (nSPS) is 25.7. The van der Waals surface area contributed by atoms with Crippen molar-refractivity contribution >= 4 is 6.09 Å². The fraction of sp³-hybridized carbons (Fsp3) is 0.600. The lowest BCUT2D eigenvalue weighted by atomic mass is 9.90. The van der Waals surface area contributed by atoms with Crippen molar-refractivity contribution in [2.75, 3.05) is 6.54 Å². The molecule has 0 aliphatic carbocycles. The van der Waals surface area contributed by atoms with Crippen LogP contribution in [-0.4, -0.2) is 33.8 Å². The fourth-order valence-electron chi connectivity index (χ4n) is 2.21. The molecular formula is C10H14N2O4. The second-order valence-electron chi connectivity index (χ2n) is 4.16. The highest BCUT2D eigenvalue weighted by molar-refractivity contribution is 5.65. The second-order valence-corrected chi connectivity index (χ2v) is 4.16. The smallest absolute Gasteiger partial charge is 0.407 e. The number of aromatic amines is 1. The van der Waals surface area contributed by atoms with Crippen molar-refractivity contribution in [3.8, 4) is 0 Å². The minimum absolute atomic E-state index is 0.0450. The Balaban J connectivity index is 2.07. The predicted octanol–water partition coefficient (Wildman–Crippen LogP) is 1.21. The summed E-state index contributed by atoms with van der Waals surface area (Å²) in [7, 11) is 0. The summed E-state index contributed by atoms with van der Waals surface area (Å²) in [5, 5.41) is 11.2. The Bertz CT molecular complexity index is 436. The third-order valence-electron chi connectivity index (χ3n) is 3.07. The van der Waals surface area contributed by atoms with Gasteiger partial charge in [-0.2, -0.15) is 5.16 Å². The Morgan fingerprint density at radius 1 is 1.69 bits per heavy atom. The van der Waals surface area contributed by atoms with E-state index in [4.69, 9.17) is 9.63 Å². The van der Waals surface area contributed by atoms with Gasteiger partial charge in [0.15, 0.2) is 0 Å². The van der Waals surface area contributed by atoms with Crippen molar-refractivity contribution < 1.29 is 14.4 Å². The summed E-state index contributed by atoms with van der Waals surface area (Å²) in [4.78, 5) is 23.2. The number of aromatic nitrogens is 1. The summed E-state index contributed by atoms with van der Waals surface area (Å²) in [6, 6.07) is 1.39. The van der Waals surface area contributed by atoms with E-state index in [1.807, 2.05) is 6.92 Å². The quantitative estimate of drug-likeness (QED) is 0.753. The van der Waals surface area contributed by atoms with Crippen LogP contribution in [-0.2, 0) is 0 Å². The van der Waals surface area contributed by atoms with Crippen molar-refractivity contribution in [3.05, 3.63) is 22.2 Å². The first kappa shape index (κ1) is 10.8. The van der Waals surface area contributed by atoms with E-state index < -0.39 is 6.09 Å². The summed E-state index contributed by atoms with van der Waals surface area (Å²) in [5.41, 5.74) is -0.247. The number of likely N-dealkylation sites (tertiary alicyclic amines) is 1. The van der Waals surface area contributed by atoms with E-state index in [1.165, 1.54) is 11.0 Å². The van der Waals surface area contributed by atoms with E-state index in [9.17, 15) is 9.59 Å². The molecule has 0 saturated carbocycles. The van der Waals surface area contributed by atoms with Crippen LogP contribution in [0.25, 0.3) is 0 Å². The lowest BCUT2D eigenvalue weighted by Gasteiger charge is -2.34. The van der Waals surface area contributed by atoms with Gasteiger partial charge in [-0.15, -0.1) is 0 Å². The first-order chi connectivity index (χ1) is 7.58. The molecule has 1 aromatic rings. The molecular weight excluding hydrogens is 212 g/mol. The first-order valence-electron chi connectivity index (χ1n) is 5.26. The number of piperidine rings is 1. The molecule has 0 radical (unpaired) electrons. The molecule has 1 aliphatic heterocycles. The molecule has 0 bridgehead atoms. The predicted molar refractivity (Wildman–Crippen MR) is 55.5 cm³/mol. The third kappa shape index (κ3) is 1.95. The standard InChI is InChI=1S/C10H14N2O4/c1-6-4-7(2-3-12(6)10(14)15)8-5-9(13)11-16-8/h5-7H,2-4H2,1H3,(H,11,13)(H,14,15). The van der Waals surface area contributed by atoms with Crippen molar-refractivity contribution in [2.45, 2.75) is 31.7 Å². The molecule has 2 N–H and O–H groups in total. The van der Waals surface area contributed by atoms with Gasteiger partial charge in [0.05, 0.1) is 0 Å². The molecule has 6 heteroatoms. The number of carboxylic acid groups (broad SMARTS) is 1. The van der Waals surface area contributed by atoms with Gasteiger partial charge in [0.25, 0.3) is 5.56 Å². The van der Waals surface area contributed by atoms with Crippen LogP contribution in [0.1, 0.15) is 31.4 Å². The Labute approximate surface area is 91.8 Å². The van der Waals surface area contributed by atoms with Gasteiger partial charge in [0, 0.05) is 24.6 Å². The van der Waals surface area contributed by atoms with Crippen molar-refractivity contribution in [3.63, 3.8) is 0 Å². The number of hydrogen-bond donors (Lipinski definition) is 2. The van der Waals surface area contributed by atoms with Gasteiger partial charge in [-0.1, -0.05) is 0 Å². The molecule has 0 aromatic carbocycles. The lowest BCUT2D eigenvalue weighted by Crippen LogP contribution is -2.43. The monoisotopic (exact) mass is 226 g/mol. The van der Waals surface area contributed by atoms with Gasteiger partial charge in [0.2, 0.25) is 0 Å². The number of hydrogen-bond acceptors (Lipinski definition) is 3. The van der Waals surface area contributed by atoms with Crippen molar-refractivity contribution in [2.24, 2.45) is 0 Å². The highest BCUT2D eigenvalue weighted by atomic mass is 16.5. The van der Waals surface area contributed by atoms with Crippen LogP contribution >= 0.6 is 0 Å². The van der Waals surface area contributed by atoms with Crippen LogP contribution in [0.4, 0.5) is 4.79 Å². The summed E-state index contributed by atoms with van der Waals surface area (Å²) in [5.74, 6) is 0.756. The van der Waals surface area contributed by atoms with Crippen LogP contribution in [0, 0.1) is 0 Å². The Hall–Kier alpha value is -1.72. The molecule has 1 aromatic heterocycles. The van der Waals surface area contributed by atoms with Gasteiger partial charge in [-0.05, 0) is 19.8 Å². The van der Waals surface area contributed by atoms with Gasteiger partial charge >= 0.3 is 6.09 Å². The minimum atomic E-state index is -0.888. The average Bonchev–Trinajstić information content (AvgIpc) is 2.64. The molecule has 2 heterocycles. The van der Waals surface area contributed by atoms with Gasteiger partial charge in [0.1, 0.15) is 5.76 Å². The van der Waals surface area contributed by atoms with Gasteiger partial charge in [-0.3, -0.25) is 4.79 Å². The van der Waals surface area contributed by atoms with E-state index in [1.54, 1.807) is 0 Å². The van der Waals surface area contributed by atoms with Crippen LogP contribution in [0.5, 0.6) is 0 Å². The molecule has 1 saturated heterocycles. The number of nitrogens with zero attached hydrogens (tertiary/aromatic N) is 1. The van der Waals surface area contributed by atoms with E-state index in [-0.39, 0.29) is 17.5 Å². The molecule has 2 unspecified atom stereocenters. The second kappa shape index (κ2) is 4.03. The Morgan fingerprint density at radius 2 is 2.44 bits per heavy atom. The molecule has 88 valence electrons. The molecule has 2 atom stereocenters. The maximum atomic E-state index is 10.9. The summed E-state index contributed by atoms with van der Waals surface area (Å²) < 4.78 is 5.04. The van der Waals surface area contributed by atoms with Crippen LogP contribution in [0.15, 0.2) is 15.4 Å². The molecule has 1 aliphatic rings. The van der Waals surface area contributed by atoms with Crippen LogP contribution in [0.3, 0.4) is 0 Å². The number of rotatable bonds is 1. The van der Waals surface area contributed by atoms with Crippen LogP contribution < -0.4 is 5.56 Å². The van der Waals surface area contributed by atoms with Gasteiger partial charge < -0.3 is 14.5 Å². The molecule has 16 heavy (non-hydrogen) atoms. The Morgan fingerprint density at radius 3 is 2.94 bits per heavy atom. The highest BCUT2D eigenvalue weighted by Gasteiger charge is 2.30. The maximum Gasteiger partial charge on any atom is 0.407 e. The van der Waals surface area contributed by atoms with E-state index >= 15 is 0 Å². The van der Waals surface area contributed by atoms with Crippen LogP contribution in [0.2, 0.25) is 0 Å². The molecule has 6 nitrogen and oxygen atoms in total. The summed E-state index contributed by atoms with van der Waals surface area (Å²) in [6.45, 7) is 2.35. The number of carbonyl (C=O) groups is 1. The fourth-order valence-corrected chi connectivity index (χ4v) is 2.21. The van der Waals surface area contributed by atoms with Crippen molar-refractivity contribution in [1.82, 2.24) is 10.1 Å². The zero-order chi connectivity index (χ0) is 11.7. The summed E-state index contributed by atoms with van der Waals surface area (Å²) >= 11 is 0. The molecule has 1 fully saturated rings. The zero-order valence-corrected chi connectivity index (χ0v) is 8.97. The molecule has 1 amide bonds.